The van der Waals surface area contributed by atoms with Gasteiger partial charge in [0.1, 0.15) is 0 Å². The molecular formula is C15H27N3. The molecule has 1 heterocycles. The van der Waals surface area contributed by atoms with Gasteiger partial charge in [-0.2, -0.15) is 5.10 Å². The maximum atomic E-state index is 4.76. The van der Waals surface area contributed by atoms with E-state index in [1.54, 1.807) is 0 Å². The second kappa shape index (κ2) is 6.37. The minimum absolute atomic E-state index is 0.637. The predicted octanol–water partition coefficient (Wildman–Crippen LogP) is 3.44. The maximum absolute atomic E-state index is 4.76. The maximum Gasteiger partial charge on any atom is 0.0638 e. The summed E-state index contributed by atoms with van der Waals surface area (Å²) in [6.07, 6.45) is 9.01. The molecule has 2 rings (SSSR count). The van der Waals surface area contributed by atoms with Gasteiger partial charge in [-0.25, -0.2) is 0 Å². The molecule has 102 valence electrons. The topological polar surface area (TPSA) is 29.9 Å². The molecule has 0 amide bonds. The molecule has 3 nitrogen and oxygen atoms in total. The Hall–Kier alpha value is -0.830. The molecule has 0 spiro atoms. The summed E-state index contributed by atoms with van der Waals surface area (Å²) in [5, 5.41) is 8.16. The Balaban J connectivity index is 2.11. The van der Waals surface area contributed by atoms with Gasteiger partial charge in [-0.05, 0) is 32.2 Å². The molecule has 1 N–H and O–H groups in total. The Bertz CT molecular complexity index is 370. The van der Waals surface area contributed by atoms with Gasteiger partial charge in [0.05, 0.1) is 11.7 Å². The minimum atomic E-state index is 0.637. The second-order valence-electron chi connectivity index (χ2n) is 5.52. The number of hydrogen-bond donors (Lipinski definition) is 1. The smallest absolute Gasteiger partial charge is 0.0638 e. The van der Waals surface area contributed by atoms with Crippen molar-refractivity contribution in [3.63, 3.8) is 0 Å². The van der Waals surface area contributed by atoms with Gasteiger partial charge in [0, 0.05) is 18.3 Å². The first kappa shape index (κ1) is 13.6. The highest BCUT2D eigenvalue weighted by atomic mass is 15.3. The summed E-state index contributed by atoms with van der Waals surface area (Å²) in [7, 11) is 0. The van der Waals surface area contributed by atoms with Crippen LogP contribution < -0.4 is 5.32 Å². The quantitative estimate of drug-likeness (QED) is 0.866. The zero-order valence-corrected chi connectivity index (χ0v) is 12.1. The Morgan fingerprint density at radius 2 is 2.11 bits per heavy atom. The number of nitrogens with zero attached hydrogens (tertiary/aromatic N) is 2. The zero-order chi connectivity index (χ0) is 13.0. The molecule has 1 aromatic rings. The van der Waals surface area contributed by atoms with E-state index in [0.717, 1.165) is 19.0 Å². The lowest BCUT2D eigenvalue weighted by Gasteiger charge is -2.31. The molecule has 1 fully saturated rings. The zero-order valence-electron chi connectivity index (χ0n) is 12.1. The van der Waals surface area contributed by atoms with E-state index < -0.39 is 0 Å². The first-order chi connectivity index (χ1) is 8.76. The fourth-order valence-corrected chi connectivity index (χ4v) is 3.14. The third-order valence-electron chi connectivity index (χ3n) is 4.32. The number of hydrogen-bond acceptors (Lipinski definition) is 2. The average molecular weight is 249 g/mol. The Kier molecular flexibility index (Phi) is 4.81. The largest absolute Gasteiger partial charge is 0.313 e. The third kappa shape index (κ3) is 2.94. The van der Waals surface area contributed by atoms with Crippen molar-refractivity contribution in [2.75, 3.05) is 6.54 Å². The van der Waals surface area contributed by atoms with Gasteiger partial charge < -0.3 is 5.32 Å². The summed E-state index contributed by atoms with van der Waals surface area (Å²) in [4.78, 5) is 0. The molecule has 2 atom stereocenters. The fourth-order valence-electron chi connectivity index (χ4n) is 3.14. The molecule has 2 unspecified atom stereocenters. The van der Waals surface area contributed by atoms with Crippen LogP contribution in [0.1, 0.15) is 63.3 Å². The first-order valence-corrected chi connectivity index (χ1v) is 7.51. The lowest BCUT2D eigenvalue weighted by atomic mass is 9.83. The van der Waals surface area contributed by atoms with E-state index in [1.807, 2.05) is 0 Å². The van der Waals surface area contributed by atoms with Crippen LogP contribution >= 0.6 is 0 Å². The highest BCUT2D eigenvalue weighted by Crippen LogP contribution is 2.35. The van der Waals surface area contributed by atoms with Crippen LogP contribution in [0, 0.1) is 12.8 Å². The van der Waals surface area contributed by atoms with Crippen LogP contribution in [0.5, 0.6) is 0 Å². The molecule has 3 heteroatoms. The van der Waals surface area contributed by atoms with Crippen LogP contribution in [-0.2, 0) is 6.54 Å². The molecule has 0 saturated heterocycles. The summed E-state index contributed by atoms with van der Waals surface area (Å²) < 4.78 is 2.26. The second-order valence-corrected chi connectivity index (χ2v) is 5.52. The summed E-state index contributed by atoms with van der Waals surface area (Å²) in [5.41, 5.74) is 2.55. The van der Waals surface area contributed by atoms with Crippen LogP contribution in [0.15, 0.2) is 6.20 Å². The summed E-state index contributed by atoms with van der Waals surface area (Å²) in [5.74, 6) is 0.824. The van der Waals surface area contributed by atoms with E-state index in [2.05, 4.69) is 37.0 Å². The van der Waals surface area contributed by atoms with Crippen molar-refractivity contribution < 1.29 is 0 Å². The van der Waals surface area contributed by atoms with Crippen molar-refractivity contribution in [3.05, 3.63) is 17.5 Å². The van der Waals surface area contributed by atoms with Gasteiger partial charge in [-0.1, -0.05) is 33.1 Å². The molecule has 0 bridgehead atoms. The van der Waals surface area contributed by atoms with Crippen LogP contribution in [0.2, 0.25) is 0 Å². The van der Waals surface area contributed by atoms with Crippen LogP contribution in [0.3, 0.4) is 0 Å². The molecule has 0 radical (unpaired) electrons. The summed E-state index contributed by atoms with van der Waals surface area (Å²) >= 11 is 0. The van der Waals surface area contributed by atoms with Gasteiger partial charge in [0.15, 0.2) is 0 Å². The molecule has 18 heavy (non-hydrogen) atoms. The number of nitrogens with one attached hydrogen (secondary N) is 1. The lowest BCUT2D eigenvalue weighted by molar-refractivity contribution is 0.217. The highest BCUT2D eigenvalue weighted by molar-refractivity contribution is 5.15. The summed E-state index contributed by atoms with van der Waals surface area (Å²) in [6, 6.07) is 0.637. The normalized spacial score (nSPS) is 24.4. The van der Waals surface area contributed by atoms with Crippen LogP contribution in [0.25, 0.3) is 0 Å². The van der Waals surface area contributed by atoms with E-state index in [4.69, 9.17) is 5.10 Å². The third-order valence-corrected chi connectivity index (χ3v) is 4.32. The predicted molar refractivity (Wildman–Crippen MR) is 75.6 cm³/mol. The fraction of sp³-hybridized carbons (Fsp3) is 0.800. The summed E-state index contributed by atoms with van der Waals surface area (Å²) in [6.45, 7) is 8.57. The van der Waals surface area contributed by atoms with Crippen molar-refractivity contribution in [2.24, 2.45) is 5.92 Å². The minimum Gasteiger partial charge on any atom is -0.313 e. The lowest BCUT2D eigenvalue weighted by Crippen LogP contribution is -2.23. The SMILES string of the molecule is CCNCc1cn(C2CCCCC2CC)nc1C. The van der Waals surface area contributed by atoms with Gasteiger partial charge in [-0.15, -0.1) is 0 Å². The van der Waals surface area contributed by atoms with Crippen molar-refractivity contribution >= 4 is 0 Å². The van der Waals surface area contributed by atoms with Crippen molar-refractivity contribution in [1.82, 2.24) is 15.1 Å². The molecule has 1 saturated carbocycles. The molecular weight excluding hydrogens is 222 g/mol. The van der Waals surface area contributed by atoms with Crippen molar-refractivity contribution in [3.8, 4) is 0 Å². The van der Waals surface area contributed by atoms with Gasteiger partial charge in [0.2, 0.25) is 0 Å². The average Bonchev–Trinajstić information content (AvgIpc) is 2.77. The Morgan fingerprint density at radius 3 is 2.83 bits per heavy atom. The molecule has 0 aliphatic heterocycles. The van der Waals surface area contributed by atoms with E-state index in [9.17, 15) is 0 Å². The molecule has 1 aliphatic carbocycles. The molecule has 0 aromatic carbocycles. The molecule has 1 aliphatic rings. The monoisotopic (exact) mass is 249 g/mol. The number of aromatic nitrogens is 2. The van der Waals surface area contributed by atoms with Crippen LogP contribution in [0.4, 0.5) is 0 Å². The first-order valence-electron chi connectivity index (χ1n) is 7.51. The highest BCUT2D eigenvalue weighted by Gasteiger charge is 2.26. The van der Waals surface area contributed by atoms with E-state index in [-0.39, 0.29) is 0 Å². The van der Waals surface area contributed by atoms with E-state index in [1.165, 1.54) is 43.4 Å². The van der Waals surface area contributed by atoms with E-state index >= 15 is 0 Å². The van der Waals surface area contributed by atoms with Gasteiger partial charge in [0.25, 0.3) is 0 Å². The standard InChI is InChI=1S/C15H27N3/c1-4-13-8-6-7-9-15(13)18-11-14(10-16-5-2)12(3)17-18/h11,13,15-16H,4-10H2,1-3H3. The van der Waals surface area contributed by atoms with Gasteiger partial charge >= 0.3 is 0 Å². The van der Waals surface area contributed by atoms with Gasteiger partial charge in [-0.3, -0.25) is 4.68 Å². The molecule has 1 aromatic heterocycles. The van der Waals surface area contributed by atoms with E-state index in [0.29, 0.717) is 6.04 Å². The Morgan fingerprint density at radius 1 is 1.33 bits per heavy atom. The van der Waals surface area contributed by atoms with Crippen LogP contribution in [-0.4, -0.2) is 16.3 Å². The number of rotatable bonds is 5. The van der Waals surface area contributed by atoms with Crippen molar-refractivity contribution in [1.29, 1.82) is 0 Å². The Labute approximate surface area is 111 Å². The number of aryl methyl sites for hydroxylation is 1. The van der Waals surface area contributed by atoms with Crippen molar-refractivity contribution in [2.45, 2.75) is 65.5 Å².